The molecular weight excluding hydrogens is 271 g/mol. The van der Waals surface area contributed by atoms with Crippen molar-refractivity contribution in [2.75, 3.05) is 26.2 Å². The fraction of sp³-hybridized carbons (Fsp3) is 0.538. The van der Waals surface area contributed by atoms with Gasteiger partial charge in [-0.15, -0.1) is 24.8 Å². The summed E-state index contributed by atoms with van der Waals surface area (Å²) in [5.74, 6) is 0. The highest BCUT2D eigenvalue weighted by Crippen LogP contribution is 2.05. The zero-order valence-electron chi connectivity index (χ0n) is 10.8. The SMILES string of the molecule is Cc1ccccc1CNCCCNCCO.Cl.Cl. The van der Waals surface area contributed by atoms with Gasteiger partial charge in [-0.1, -0.05) is 24.3 Å². The summed E-state index contributed by atoms with van der Waals surface area (Å²) in [6, 6.07) is 8.44. The molecule has 5 heteroatoms. The summed E-state index contributed by atoms with van der Waals surface area (Å²) in [6.45, 7) is 5.95. The quantitative estimate of drug-likeness (QED) is 0.642. The van der Waals surface area contributed by atoms with Crippen molar-refractivity contribution in [3.05, 3.63) is 35.4 Å². The highest BCUT2D eigenvalue weighted by Gasteiger charge is 1.95. The van der Waals surface area contributed by atoms with Crippen molar-refractivity contribution in [3.8, 4) is 0 Å². The zero-order valence-corrected chi connectivity index (χ0v) is 12.4. The fourth-order valence-electron chi connectivity index (χ4n) is 1.57. The lowest BCUT2D eigenvalue weighted by Crippen LogP contribution is -2.24. The molecule has 0 saturated heterocycles. The molecule has 0 spiro atoms. The van der Waals surface area contributed by atoms with Crippen LogP contribution in [0.5, 0.6) is 0 Å². The number of aryl methyl sites for hydroxylation is 1. The van der Waals surface area contributed by atoms with E-state index in [0.29, 0.717) is 6.54 Å². The number of nitrogens with one attached hydrogen (secondary N) is 2. The standard InChI is InChI=1S/C13H22N2O.2ClH/c1-12-5-2-3-6-13(12)11-15-8-4-7-14-9-10-16;;/h2-3,5-6,14-16H,4,7-11H2,1H3;2*1H. The second kappa shape index (κ2) is 13.1. The van der Waals surface area contributed by atoms with Gasteiger partial charge < -0.3 is 15.7 Å². The first-order valence-corrected chi connectivity index (χ1v) is 5.91. The molecule has 0 aromatic heterocycles. The number of aliphatic hydroxyl groups is 1. The second-order valence-corrected chi connectivity index (χ2v) is 3.93. The summed E-state index contributed by atoms with van der Waals surface area (Å²) in [5.41, 5.74) is 2.71. The normalized spacial score (nSPS) is 9.44. The van der Waals surface area contributed by atoms with Gasteiger partial charge in [0.05, 0.1) is 6.61 Å². The van der Waals surface area contributed by atoms with E-state index < -0.39 is 0 Å². The van der Waals surface area contributed by atoms with Gasteiger partial charge in [0.25, 0.3) is 0 Å². The van der Waals surface area contributed by atoms with Crippen LogP contribution in [0.3, 0.4) is 0 Å². The second-order valence-electron chi connectivity index (χ2n) is 3.93. The topological polar surface area (TPSA) is 44.3 Å². The van der Waals surface area contributed by atoms with Gasteiger partial charge in [-0.05, 0) is 37.6 Å². The number of benzene rings is 1. The molecule has 0 amide bonds. The predicted molar refractivity (Wildman–Crippen MR) is 82.0 cm³/mol. The van der Waals surface area contributed by atoms with Gasteiger partial charge in [0.1, 0.15) is 0 Å². The van der Waals surface area contributed by atoms with Gasteiger partial charge in [0.2, 0.25) is 0 Å². The molecule has 0 aliphatic heterocycles. The molecule has 0 unspecified atom stereocenters. The molecule has 0 saturated carbocycles. The highest BCUT2D eigenvalue weighted by atomic mass is 35.5. The van der Waals surface area contributed by atoms with E-state index in [1.165, 1.54) is 11.1 Å². The average Bonchev–Trinajstić information content (AvgIpc) is 2.30. The van der Waals surface area contributed by atoms with Crippen LogP contribution in [0.25, 0.3) is 0 Å². The third-order valence-corrected chi connectivity index (χ3v) is 2.57. The summed E-state index contributed by atoms with van der Waals surface area (Å²) < 4.78 is 0. The molecule has 18 heavy (non-hydrogen) atoms. The molecule has 0 fully saturated rings. The van der Waals surface area contributed by atoms with Gasteiger partial charge >= 0.3 is 0 Å². The third-order valence-electron chi connectivity index (χ3n) is 2.57. The zero-order chi connectivity index (χ0) is 11.6. The largest absolute Gasteiger partial charge is 0.395 e. The van der Waals surface area contributed by atoms with E-state index in [4.69, 9.17) is 5.11 Å². The Balaban J connectivity index is 0. The van der Waals surface area contributed by atoms with Crippen LogP contribution in [0.1, 0.15) is 17.5 Å². The van der Waals surface area contributed by atoms with Gasteiger partial charge in [0, 0.05) is 13.1 Å². The van der Waals surface area contributed by atoms with Crippen molar-refractivity contribution < 1.29 is 5.11 Å². The smallest absolute Gasteiger partial charge is 0.0555 e. The molecule has 3 N–H and O–H groups in total. The van der Waals surface area contributed by atoms with E-state index in [0.717, 1.165) is 26.1 Å². The number of rotatable bonds is 8. The van der Waals surface area contributed by atoms with Crippen molar-refractivity contribution in [1.29, 1.82) is 0 Å². The Morgan fingerprint density at radius 3 is 2.33 bits per heavy atom. The van der Waals surface area contributed by atoms with Gasteiger partial charge in [-0.25, -0.2) is 0 Å². The molecule has 1 aromatic rings. The lowest BCUT2D eigenvalue weighted by molar-refractivity contribution is 0.292. The average molecular weight is 295 g/mol. The molecule has 0 atom stereocenters. The summed E-state index contributed by atoms with van der Waals surface area (Å²) in [6.07, 6.45) is 1.09. The maximum atomic E-state index is 8.57. The van der Waals surface area contributed by atoms with E-state index in [-0.39, 0.29) is 31.4 Å². The molecular formula is C13H24Cl2N2O. The van der Waals surface area contributed by atoms with Crippen LogP contribution in [-0.4, -0.2) is 31.3 Å². The van der Waals surface area contributed by atoms with Crippen LogP contribution in [0.15, 0.2) is 24.3 Å². The Bertz CT molecular complexity index is 298. The molecule has 0 radical (unpaired) electrons. The van der Waals surface area contributed by atoms with Gasteiger partial charge in [-0.3, -0.25) is 0 Å². The predicted octanol–water partition coefficient (Wildman–Crippen LogP) is 1.90. The summed E-state index contributed by atoms with van der Waals surface area (Å²) in [7, 11) is 0. The molecule has 1 rings (SSSR count). The number of hydrogen-bond acceptors (Lipinski definition) is 3. The Morgan fingerprint density at radius 2 is 1.67 bits per heavy atom. The summed E-state index contributed by atoms with van der Waals surface area (Å²) >= 11 is 0. The van der Waals surface area contributed by atoms with E-state index in [2.05, 4.69) is 41.8 Å². The minimum Gasteiger partial charge on any atom is -0.395 e. The Hall–Kier alpha value is -0.320. The third kappa shape index (κ3) is 8.72. The van der Waals surface area contributed by atoms with Crippen molar-refractivity contribution in [2.45, 2.75) is 19.9 Å². The van der Waals surface area contributed by atoms with E-state index in [1.807, 2.05) is 0 Å². The number of hydrogen-bond donors (Lipinski definition) is 3. The van der Waals surface area contributed by atoms with E-state index in [1.54, 1.807) is 0 Å². The van der Waals surface area contributed by atoms with Crippen molar-refractivity contribution in [1.82, 2.24) is 10.6 Å². The lowest BCUT2D eigenvalue weighted by Gasteiger charge is -2.07. The highest BCUT2D eigenvalue weighted by molar-refractivity contribution is 5.85. The fourth-order valence-corrected chi connectivity index (χ4v) is 1.57. The summed E-state index contributed by atoms with van der Waals surface area (Å²) in [4.78, 5) is 0. The number of halogens is 2. The van der Waals surface area contributed by atoms with Crippen LogP contribution in [0.2, 0.25) is 0 Å². The molecule has 0 aliphatic carbocycles. The molecule has 0 heterocycles. The monoisotopic (exact) mass is 294 g/mol. The first-order valence-electron chi connectivity index (χ1n) is 5.91. The van der Waals surface area contributed by atoms with Crippen LogP contribution in [-0.2, 0) is 6.54 Å². The Kier molecular flexibility index (Phi) is 14.6. The van der Waals surface area contributed by atoms with Crippen molar-refractivity contribution in [3.63, 3.8) is 0 Å². The van der Waals surface area contributed by atoms with Gasteiger partial charge in [-0.2, -0.15) is 0 Å². The maximum absolute atomic E-state index is 8.57. The molecule has 1 aromatic carbocycles. The van der Waals surface area contributed by atoms with E-state index >= 15 is 0 Å². The van der Waals surface area contributed by atoms with Crippen molar-refractivity contribution >= 4 is 24.8 Å². The maximum Gasteiger partial charge on any atom is 0.0555 e. The summed E-state index contributed by atoms with van der Waals surface area (Å²) in [5, 5.41) is 15.1. The molecule has 106 valence electrons. The lowest BCUT2D eigenvalue weighted by atomic mass is 10.1. The minimum atomic E-state index is 0. The van der Waals surface area contributed by atoms with Crippen molar-refractivity contribution in [2.24, 2.45) is 0 Å². The minimum absolute atomic E-state index is 0. The first-order chi connectivity index (χ1) is 7.84. The Labute approximate surface area is 122 Å². The number of aliphatic hydroxyl groups excluding tert-OH is 1. The van der Waals surface area contributed by atoms with Crippen LogP contribution in [0.4, 0.5) is 0 Å². The van der Waals surface area contributed by atoms with Crippen LogP contribution >= 0.6 is 24.8 Å². The van der Waals surface area contributed by atoms with Crippen LogP contribution in [0, 0.1) is 6.92 Å². The Morgan fingerprint density at radius 1 is 1.00 bits per heavy atom. The van der Waals surface area contributed by atoms with Gasteiger partial charge in [0.15, 0.2) is 0 Å². The molecule has 0 aliphatic rings. The first kappa shape index (κ1) is 20.0. The van der Waals surface area contributed by atoms with E-state index in [9.17, 15) is 0 Å². The molecule has 0 bridgehead atoms. The molecule has 3 nitrogen and oxygen atoms in total. The van der Waals surface area contributed by atoms with Crippen LogP contribution < -0.4 is 10.6 Å².